The van der Waals surface area contributed by atoms with E-state index in [0.29, 0.717) is 5.69 Å². The summed E-state index contributed by atoms with van der Waals surface area (Å²) in [7, 11) is 0. The van der Waals surface area contributed by atoms with Gasteiger partial charge in [0.2, 0.25) is 0 Å². The Labute approximate surface area is 114 Å². The molecule has 0 unspecified atom stereocenters. The molecule has 5 nitrogen and oxygen atoms in total. The van der Waals surface area contributed by atoms with Crippen LogP contribution in [0.3, 0.4) is 0 Å². The lowest BCUT2D eigenvalue weighted by Gasteiger charge is -2.07. The molecule has 0 spiro atoms. The summed E-state index contributed by atoms with van der Waals surface area (Å²) in [4.78, 5) is 30.7. The van der Waals surface area contributed by atoms with E-state index >= 15 is 0 Å². The normalized spacial score (nSPS) is 10.4. The topological polar surface area (TPSA) is 74.8 Å². The Morgan fingerprint density at radius 1 is 1.15 bits per heavy atom. The van der Waals surface area contributed by atoms with Gasteiger partial charge in [0.25, 0.3) is 5.91 Å². The van der Waals surface area contributed by atoms with Gasteiger partial charge in [0.15, 0.2) is 5.43 Å². The summed E-state index contributed by atoms with van der Waals surface area (Å²) in [6, 6.07) is 10.4. The monoisotopic (exact) mass is 265 g/mol. The number of rotatable bonds is 2. The van der Waals surface area contributed by atoms with Gasteiger partial charge in [-0.2, -0.15) is 0 Å². The molecule has 2 heterocycles. The first-order valence-corrected chi connectivity index (χ1v) is 6.08. The number of benzene rings is 1. The predicted molar refractivity (Wildman–Crippen MR) is 76.8 cm³/mol. The van der Waals surface area contributed by atoms with Crippen molar-refractivity contribution in [2.75, 3.05) is 5.32 Å². The number of nitrogens with one attached hydrogen (secondary N) is 2. The number of carbonyl (C=O) groups is 1. The van der Waals surface area contributed by atoms with Gasteiger partial charge in [0.1, 0.15) is 5.56 Å². The first-order chi connectivity index (χ1) is 9.75. The Morgan fingerprint density at radius 2 is 2.05 bits per heavy atom. The van der Waals surface area contributed by atoms with Crippen LogP contribution in [0.2, 0.25) is 0 Å². The highest BCUT2D eigenvalue weighted by Gasteiger charge is 2.11. The molecule has 0 atom stereocenters. The van der Waals surface area contributed by atoms with E-state index in [1.165, 1.54) is 18.5 Å². The van der Waals surface area contributed by atoms with Crippen LogP contribution in [-0.4, -0.2) is 15.9 Å². The molecule has 3 rings (SSSR count). The minimum Gasteiger partial charge on any atom is -0.367 e. The lowest BCUT2D eigenvalue weighted by molar-refractivity contribution is 0.102. The molecule has 0 fully saturated rings. The molecule has 0 radical (unpaired) electrons. The number of hydrogen-bond donors (Lipinski definition) is 2. The fraction of sp³-hybridized carbons (Fsp3) is 0. The zero-order chi connectivity index (χ0) is 13.9. The van der Waals surface area contributed by atoms with Gasteiger partial charge in [-0.25, -0.2) is 0 Å². The second-order valence-electron chi connectivity index (χ2n) is 4.25. The highest BCUT2D eigenvalue weighted by molar-refractivity contribution is 6.08. The molecule has 98 valence electrons. The van der Waals surface area contributed by atoms with Crippen LogP contribution in [0, 0.1) is 0 Å². The second-order valence-corrected chi connectivity index (χ2v) is 4.25. The molecule has 0 saturated carbocycles. The Hall–Kier alpha value is -2.95. The summed E-state index contributed by atoms with van der Waals surface area (Å²) in [5.74, 6) is -0.441. The maximum Gasteiger partial charge on any atom is 0.261 e. The van der Waals surface area contributed by atoms with Gasteiger partial charge >= 0.3 is 0 Å². The van der Waals surface area contributed by atoms with Crippen molar-refractivity contribution in [3.05, 3.63) is 70.8 Å². The van der Waals surface area contributed by atoms with E-state index in [-0.39, 0.29) is 11.0 Å². The summed E-state index contributed by atoms with van der Waals surface area (Å²) in [5.41, 5.74) is 1.17. The van der Waals surface area contributed by atoms with Gasteiger partial charge < -0.3 is 10.3 Å². The number of fused-ring (bicyclic) bond motifs is 1. The molecular formula is C15H11N3O2. The van der Waals surface area contributed by atoms with Crippen LogP contribution >= 0.6 is 0 Å². The number of H-pyrrole nitrogens is 1. The van der Waals surface area contributed by atoms with Crippen molar-refractivity contribution in [2.45, 2.75) is 0 Å². The average Bonchev–Trinajstić information content (AvgIpc) is 2.48. The largest absolute Gasteiger partial charge is 0.367 e. The number of amides is 1. The number of nitrogens with zero attached hydrogens (tertiary/aromatic N) is 1. The van der Waals surface area contributed by atoms with Crippen molar-refractivity contribution >= 4 is 22.5 Å². The fourth-order valence-electron chi connectivity index (χ4n) is 2.00. The van der Waals surface area contributed by atoms with Crippen LogP contribution in [0.1, 0.15) is 10.4 Å². The van der Waals surface area contributed by atoms with Crippen molar-refractivity contribution in [2.24, 2.45) is 0 Å². The minimum absolute atomic E-state index is 0.0772. The third kappa shape index (κ3) is 2.16. The van der Waals surface area contributed by atoms with Gasteiger partial charge in [-0.3, -0.25) is 14.6 Å². The van der Waals surface area contributed by atoms with Crippen LogP contribution < -0.4 is 10.7 Å². The SMILES string of the molecule is O=C(Nc1cccc2ncccc12)c1c[nH]ccc1=O. The molecule has 20 heavy (non-hydrogen) atoms. The van der Waals surface area contributed by atoms with E-state index in [1.54, 1.807) is 24.4 Å². The van der Waals surface area contributed by atoms with Crippen molar-refractivity contribution in [1.82, 2.24) is 9.97 Å². The van der Waals surface area contributed by atoms with E-state index in [0.717, 1.165) is 10.9 Å². The van der Waals surface area contributed by atoms with Crippen LogP contribution in [0.4, 0.5) is 5.69 Å². The zero-order valence-electron chi connectivity index (χ0n) is 10.5. The number of aromatic amines is 1. The van der Waals surface area contributed by atoms with E-state index in [2.05, 4.69) is 15.3 Å². The molecule has 0 bridgehead atoms. The molecule has 3 aromatic rings. The standard InChI is InChI=1S/C15H11N3O2/c19-14-6-8-16-9-11(14)15(20)18-13-5-1-4-12-10(13)3-2-7-17-12/h1-9H,(H,16,19)(H,18,20). The molecule has 1 amide bonds. The van der Waals surface area contributed by atoms with Crippen LogP contribution in [0.25, 0.3) is 10.9 Å². The smallest absolute Gasteiger partial charge is 0.261 e. The van der Waals surface area contributed by atoms with Crippen molar-refractivity contribution in [3.63, 3.8) is 0 Å². The lowest BCUT2D eigenvalue weighted by atomic mass is 10.1. The number of carbonyl (C=O) groups excluding carboxylic acids is 1. The Morgan fingerprint density at radius 3 is 2.90 bits per heavy atom. The summed E-state index contributed by atoms with van der Waals surface area (Å²) >= 11 is 0. The highest BCUT2D eigenvalue weighted by Crippen LogP contribution is 2.21. The average molecular weight is 265 g/mol. The summed E-state index contributed by atoms with van der Waals surface area (Å²) in [5, 5.41) is 3.57. The summed E-state index contributed by atoms with van der Waals surface area (Å²) in [6.45, 7) is 0. The van der Waals surface area contributed by atoms with E-state index in [4.69, 9.17) is 0 Å². The molecule has 2 aromatic heterocycles. The minimum atomic E-state index is -0.441. The Balaban J connectivity index is 2.00. The molecule has 0 aliphatic heterocycles. The Bertz CT molecular complexity index is 834. The maximum atomic E-state index is 12.1. The van der Waals surface area contributed by atoms with Crippen LogP contribution in [0.15, 0.2) is 59.8 Å². The maximum absolute atomic E-state index is 12.1. The van der Waals surface area contributed by atoms with E-state index in [1.807, 2.05) is 12.1 Å². The van der Waals surface area contributed by atoms with E-state index < -0.39 is 5.91 Å². The van der Waals surface area contributed by atoms with Gasteiger partial charge in [-0.1, -0.05) is 6.07 Å². The van der Waals surface area contributed by atoms with Crippen LogP contribution in [-0.2, 0) is 0 Å². The second kappa shape index (κ2) is 4.97. The predicted octanol–water partition coefficient (Wildman–Crippen LogP) is 2.18. The third-order valence-corrected chi connectivity index (χ3v) is 2.96. The molecular weight excluding hydrogens is 254 g/mol. The first kappa shape index (κ1) is 12.1. The summed E-state index contributed by atoms with van der Waals surface area (Å²) in [6.07, 6.45) is 4.57. The van der Waals surface area contributed by atoms with E-state index in [9.17, 15) is 9.59 Å². The van der Waals surface area contributed by atoms with Gasteiger partial charge in [-0.15, -0.1) is 0 Å². The number of pyridine rings is 2. The molecule has 0 aliphatic rings. The quantitative estimate of drug-likeness (QED) is 0.745. The summed E-state index contributed by atoms with van der Waals surface area (Å²) < 4.78 is 0. The van der Waals surface area contributed by atoms with Crippen molar-refractivity contribution in [3.8, 4) is 0 Å². The molecule has 2 N–H and O–H groups in total. The van der Waals surface area contributed by atoms with Crippen molar-refractivity contribution < 1.29 is 4.79 Å². The van der Waals surface area contributed by atoms with Gasteiger partial charge in [0, 0.05) is 30.0 Å². The zero-order valence-corrected chi connectivity index (χ0v) is 10.5. The number of hydrogen-bond acceptors (Lipinski definition) is 3. The molecule has 5 heteroatoms. The fourth-order valence-corrected chi connectivity index (χ4v) is 2.00. The van der Waals surface area contributed by atoms with Crippen molar-refractivity contribution in [1.29, 1.82) is 0 Å². The van der Waals surface area contributed by atoms with Gasteiger partial charge in [-0.05, 0) is 24.3 Å². The number of aromatic nitrogens is 2. The van der Waals surface area contributed by atoms with Gasteiger partial charge in [0.05, 0.1) is 11.2 Å². The third-order valence-electron chi connectivity index (χ3n) is 2.96. The highest BCUT2D eigenvalue weighted by atomic mass is 16.2. The first-order valence-electron chi connectivity index (χ1n) is 6.08. The lowest BCUT2D eigenvalue weighted by Crippen LogP contribution is -2.20. The molecule has 1 aromatic carbocycles. The van der Waals surface area contributed by atoms with Crippen LogP contribution in [0.5, 0.6) is 0 Å². The molecule has 0 aliphatic carbocycles. The number of anilines is 1. The molecule has 0 saturated heterocycles. The Kier molecular flexibility index (Phi) is 3.01.